The van der Waals surface area contributed by atoms with Gasteiger partial charge in [0.1, 0.15) is 5.75 Å². The first-order valence-electron chi connectivity index (χ1n) is 10.7. The molecule has 0 aromatic heterocycles. The number of ether oxygens (including phenoxy) is 1. The van der Waals surface area contributed by atoms with Gasteiger partial charge < -0.3 is 10.1 Å². The number of likely N-dealkylation sites (tertiary alicyclic amines) is 1. The molecule has 0 bridgehead atoms. The number of fused-ring (bicyclic) bond motifs is 1. The van der Waals surface area contributed by atoms with Crippen LogP contribution in [0.5, 0.6) is 5.75 Å². The normalized spacial score (nSPS) is 18.4. The molecule has 2 heterocycles. The fourth-order valence-electron chi connectivity index (χ4n) is 4.54. The first kappa shape index (κ1) is 20.4. The minimum atomic E-state index is -0.186. The van der Waals surface area contributed by atoms with E-state index in [0.717, 1.165) is 50.2 Å². The lowest BCUT2D eigenvalue weighted by Gasteiger charge is -2.41. The number of imide groups is 1. The molecule has 0 aliphatic carbocycles. The highest BCUT2D eigenvalue weighted by Crippen LogP contribution is 2.30. The van der Waals surface area contributed by atoms with Gasteiger partial charge in [0.25, 0.3) is 11.8 Å². The van der Waals surface area contributed by atoms with Crippen molar-refractivity contribution < 1.29 is 14.3 Å². The molecule has 6 nitrogen and oxygen atoms in total. The van der Waals surface area contributed by atoms with E-state index in [4.69, 9.17) is 4.74 Å². The smallest absolute Gasteiger partial charge is 0.262 e. The van der Waals surface area contributed by atoms with Crippen LogP contribution in [0.1, 0.15) is 53.3 Å². The first-order valence-corrected chi connectivity index (χ1v) is 10.7. The first-order chi connectivity index (χ1) is 14.6. The number of piperidine rings is 1. The molecule has 0 radical (unpaired) electrons. The van der Waals surface area contributed by atoms with Gasteiger partial charge in [-0.3, -0.25) is 19.4 Å². The number of anilines is 1. The molecule has 2 aliphatic rings. The van der Waals surface area contributed by atoms with Gasteiger partial charge in [0.15, 0.2) is 0 Å². The van der Waals surface area contributed by atoms with Crippen molar-refractivity contribution in [3.05, 3.63) is 59.7 Å². The van der Waals surface area contributed by atoms with Crippen LogP contribution in [-0.2, 0) is 0 Å². The second-order valence-electron chi connectivity index (χ2n) is 7.95. The van der Waals surface area contributed by atoms with E-state index in [1.807, 2.05) is 36.4 Å². The Morgan fingerprint density at radius 3 is 2.20 bits per heavy atom. The SMILES string of the molecule is CCCC(N1CCC(Nc2ccccc2OC)CC1)N1C(=O)c2ccccc2C1=O. The lowest BCUT2D eigenvalue weighted by atomic mass is 10.0. The average Bonchev–Trinajstić information content (AvgIpc) is 3.03. The molecule has 30 heavy (non-hydrogen) atoms. The Kier molecular flexibility index (Phi) is 6.04. The summed E-state index contributed by atoms with van der Waals surface area (Å²) in [6.07, 6.45) is 3.41. The average molecular weight is 408 g/mol. The molecule has 158 valence electrons. The van der Waals surface area contributed by atoms with Crippen LogP contribution in [0.4, 0.5) is 5.69 Å². The standard InChI is InChI=1S/C24H29N3O3/c1-3-8-22(27-23(28)18-9-4-5-10-19(18)24(27)29)26-15-13-17(14-16-26)25-20-11-6-7-12-21(20)30-2/h4-7,9-12,17,22,25H,3,8,13-16H2,1-2H3. The molecule has 1 N–H and O–H groups in total. The molecule has 0 spiro atoms. The van der Waals surface area contributed by atoms with Crippen molar-refractivity contribution in [3.8, 4) is 5.75 Å². The van der Waals surface area contributed by atoms with Crippen LogP contribution in [0.2, 0.25) is 0 Å². The third kappa shape index (κ3) is 3.79. The van der Waals surface area contributed by atoms with Crippen molar-refractivity contribution in [1.29, 1.82) is 0 Å². The molecular formula is C24H29N3O3. The number of hydrogen-bond acceptors (Lipinski definition) is 5. The van der Waals surface area contributed by atoms with Crippen molar-refractivity contribution in [2.75, 3.05) is 25.5 Å². The van der Waals surface area contributed by atoms with Gasteiger partial charge in [-0.2, -0.15) is 0 Å². The molecule has 2 aromatic carbocycles. The highest BCUT2D eigenvalue weighted by molar-refractivity contribution is 6.21. The molecule has 1 atom stereocenters. The number of methoxy groups -OCH3 is 1. The van der Waals surface area contributed by atoms with Gasteiger partial charge in [-0.05, 0) is 43.5 Å². The van der Waals surface area contributed by atoms with Gasteiger partial charge in [-0.15, -0.1) is 0 Å². The lowest BCUT2D eigenvalue weighted by Crippen LogP contribution is -2.54. The molecule has 2 aromatic rings. The number of carbonyl (C=O) groups is 2. The van der Waals surface area contributed by atoms with Crippen LogP contribution in [-0.4, -0.2) is 54.0 Å². The maximum atomic E-state index is 13.0. The van der Waals surface area contributed by atoms with Crippen LogP contribution in [0, 0.1) is 0 Å². The molecule has 1 unspecified atom stereocenters. The predicted molar refractivity (Wildman–Crippen MR) is 117 cm³/mol. The summed E-state index contributed by atoms with van der Waals surface area (Å²) in [6, 6.07) is 15.4. The zero-order valence-corrected chi connectivity index (χ0v) is 17.6. The van der Waals surface area contributed by atoms with Crippen molar-refractivity contribution in [2.24, 2.45) is 0 Å². The number of para-hydroxylation sites is 2. The van der Waals surface area contributed by atoms with E-state index in [2.05, 4.69) is 17.1 Å². The summed E-state index contributed by atoms with van der Waals surface area (Å²) in [5, 5.41) is 3.59. The van der Waals surface area contributed by atoms with Crippen molar-refractivity contribution in [1.82, 2.24) is 9.80 Å². The van der Waals surface area contributed by atoms with Crippen LogP contribution in [0.3, 0.4) is 0 Å². The van der Waals surface area contributed by atoms with Gasteiger partial charge >= 0.3 is 0 Å². The lowest BCUT2D eigenvalue weighted by molar-refractivity contribution is 0.0214. The summed E-state index contributed by atoms with van der Waals surface area (Å²) in [4.78, 5) is 29.8. The van der Waals surface area contributed by atoms with Gasteiger partial charge in [-0.25, -0.2) is 0 Å². The van der Waals surface area contributed by atoms with Gasteiger partial charge in [0.2, 0.25) is 0 Å². The number of benzene rings is 2. The molecule has 6 heteroatoms. The molecule has 2 amide bonds. The Bertz CT molecular complexity index is 886. The minimum Gasteiger partial charge on any atom is -0.495 e. The number of rotatable bonds is 7. The summed E-state index contributed by atoms with van der Waals surface area (Å²) < 4.78 is 5.45. The second-order valence-corrected chi connectivity index (χ2v) is 7.95. The van der Waals surface area contributed by atoms with E-state index in [0.29, 0.717) is 17.2 Å². The molecule has 0 saturated carbocycles. The Morgan fingerprint density at radius 2 is 1.60 bits per heavy atom. The highest BCUT2D eigenvalue weighted by atomic mass is 16.5. The fraction of sp³-hybridized carbons (Fsp3) is 0.417. The van der Waals surface area contributed by atoms with E-state index < -0.39 is 0 Å². The van der Waals surface area contributed by atoms with E-state index in [1.54, 1.807) is 19.2 Å². The molecule has 1 fully saturated rings. The highest BCUT2D eigenvalue weighted by Gasteiger charge is 2.42. The van der Waals surface area contributed by atoms with Crippen LogP contribution in [0.25, 0.3) is 0 Å². The number of nitrogens with one attached hydrogen (secondary N) is 1. The second kappa shape index (κ2) is 8.88. The van der Waals surface area contributed by atoms with Gasteiger partial charge in [0, 0.05) is 19.1 Å². The summed E-state index contributed by atoms with van der Waals surface area (Å²) in [5.74, 6) is 0.515. The third-order valence-corrected chi connectivity index (χ3v) is 6.09. The van der Waals surface area contributed by atoms with E-state index >= 15 is 0 Å². The number of carbonyl (C=O) groups excluding carboxylic acids is 2. The van der Waals surface area contributed by atoms with Gasteiger partial charge in [-0.1, -0.05) is 37.6 Å². The number of nitrogens with zero attached hydrogens (tertiary/aromatic N) is 2. The zero-order valence-electron chi connectivity index (χ0n) is 17.6. The summed E-state index contributed by atoms with van der Waals surface area (Å²) in [7, 11) is 1.68. The fourth-order valence-corrected chi connectivity index (χ4v) is 4.54. The van der Waals surface area contributed by atoms with Crippen LogP contribution < -0.4 is 10.1 Å². The third-order valence-electron chi connectivity index (χ3n) is 6.09. The maximum absolute atomic E-state index is 13.0. The van der Waals surface area contributed by atoms with Crippen molar-refractivity contribution in [2.45, 2.75) is 44.8 Å². The van der Waals surface area contributed by atoms with Crippen molar-refractivity contribution >= 4 is 17.5 Å². The molecule has 1 saturated heterocycles. The minimum absolute atomic E-state index is 0.164. The molecule has 4 rings (SSSR count). The van der Waals surface area contributed by atoms with Crippen LogP contribution >= 0.6 is 0 Å². The van der Waals surface area contributed by atoms with Gasteiger partial charge in [0.05, 0.1) is 30.1 Å². The molecule has 2 aliphatic heterocycles. The van der Waals surface area contributed by atoms with E-state index in [9.17, 15) is 9.59 Å². The predicted octanol–water partition coefficient (Wildman–Crippen LogP) is 3.99. The summed E-state index contributed by atoms with van der Waals surface area (Å²) >= 11 is 0. The largest absolute Gasteiger partial charge is 0.495 e. The van der Waals surface area contributed by atoms with Crippen molar-refractivity contribution in [3.63, 3.8) is 0 Å². The maximum Gasteiger partial charge on any atom is 0.262 e. The number of amides is 2. The Morgan fingerprint density at radius 1 is 1.00 bits per heavy atom. The zero-order chi connectivity index (χ0) is 21.1. The van der Waals surface area contributed by atoms with E-state index in [-0.39, 0.29) is 18.0 Å². The topological polar surface area (TPSA) is 61.9 Å². The Balaban J connectivity index is 1.44. The number of hydrogen-bond donors (Lipinski definition) is 1. The van der Waals surface area contributed by atoms with E-state index in [1.165, 1.54) is 4.90 Å². The molecular weight excluding hydrogens is 378 g/mol. The monoisotopic (exact) mass is 407 g/mol. The summed E-state index contributed by atoms with van der Waals surface area (Å²) in [5.41, 5.74) is 2.05. The Labute approximate surface area is 177 Å². The summed E-state index contributed by atoms with van der Waals surface area (Å²) in [6.45, 7) is 3.77. The Hall–Kier alpha value is -2.86. The quantitative estimate of drug-likeness (QED) is 0.703. The van der Waals surface area contributed by atoms with Crippen LogP contribution in [0.15, 0.2) is 48.5 Å².